The lowest BCUT2D eigenvalue weighted by Gasteiger charge is -2.23. The zero-order valence-electron chi connectivity index (χ0n) is 8.98. The largest absolute Gasteiger partial charge is 0.358 e. The minimum atomic E-state index is -0.0857. The van der Waals surface area contributed by atoms with Gasteiger partial charge >= 0.3 is 0 Å². The Morgan fingerprint density at radius 1 is 1.38 bits per heavy atom. The van der Waals surface area contributed by atoms with E-state index >= 15 is 0 Å². The van der Waals surface area contributed by atoms with E-state index in [1.165, 1.54) is 12.8 Å². The van der Waals surface area contributed by atoms with E-state index in [-0.39, 0.29) is 11.9 Å². The van der Waals surface area contributed by atoms with Crippen LogP contribution in [0.3, 0.4) is 0 Å². The van der Waals surface area contributed by atoms with E-state index in [1.807, 2.05) is 6.92 Å². The molecule has 1 saturated carbocycles. The highest BCUT2D eigenvalue weighted by Crippen LogP contribution is 2.47. The summed E-state index contributed by atoms with van der Waals surface area (Å²) in [4.78, 5) is 11.2. The van der Waals surface area contributed by atoms with E-state index in [9.17, 15) is 4.79 Å². The SMILES string of the molecule is CNC(=O)C(C)NC(C)C1(C)CC1. The average molecular weight is 184 g/mol. The summed E-state index contributed by atoms with van der Waals surface area (Å²) in [6, 6.07) is 0.345. The van der Waals surface area contributed by atoms with E-state index in [0.29, 0.717) is 11.5 Å². The first-order valence-electron chi connectivity index (χ1n) is 4.97. The molecule has 0 bridgehead atoms. The topological polar surface area (TPSA) is 41.1 Å². The molecular weight excluding hydrogens is 164 g/mol. The molecule has 1 aliphatic rings. The van der Waals surface area contributed by atoms with Crippen LogP contribution in [0.5, 0.6) is 0 Å². The lowest BCUT2D eigenvalue weighted by Crippen LogP contribution is -2.47. The van der Waals surface area contributed by atoms with E-state index in [0.717, 1.165) is 0 Å². The summed E-state index contributed by atoms with van der Waals surface area (Å²) in [6.45, 7) is 6.33. The Kier molecular flexibility index (Phi) is 2.96. The van der Waals surface area contributed by atoms with E-state index < -0.39 is 0 Å². The summed E-state index contributed by atoms with van der Waals surface area (Å²) in [7, 11) is 1.67. The molecule has 0 aromatic carbocycles. The van der Waals surface area contributed by atoms with Crippen LogP contribution in [-0.4, -0.2) is 25.0 Å². The number of amides is 1. The number of rotatable bonds is 4. The van der Waals surface area contributed by atoms with Crippen molar-refractivity contribution in [1.29, 1.82) is 0 Å². The van der Waals surface area contributed by atoms with Crippen LogP contribution in [-0.2, 0) is 4.79 Å². The third-order valence-corrected chi connectivity index (χ3v) is 3.22. The van der Waals surface area contributed by atoms with Gasteiger partial charge < -0.3 is 10.6 Å². The van der Waals surface area contributed by atoms with Gasteiger partial charge in [-0.2, -0.15) is 0 Å². The van der Waals surface area contributed by atoms with Gasteiger partial charge in [0.1, 0.15) is 0 Å². The molecular formula is C10H20N2O. The van der Waals surface area contributed by atoms with Crippen LogP contribution in [0.1, 0.15) is 33.6 Å². The summed E-state index contributed by atoms with van der Waals surface area (Å²) in [6.07, 6.45) is 2.56. The van der Waals surface area contributed by atoms with Gasteiger partial charge in [0.15, 0.2) is 0 Å². The quantitative estimate of drug-likeness (QED) is 0.681. The molecule has 2 unspecified atom stereocenters. The van der Waals surface area contributed by atoms with Gasteiger partial charge in [0, 0.05) is 13.1 Å². The third kappa shape index (κ3) is 2.44. The Morgan fingerprint density at radius 3 is 2.31 bits per heavy atom. The molecule has 0 radical (unpaired) electrons. The van der Waals surface area contributed by atoms with E-state index in [1.54, 1.807) is 7.05 Å². The van der Waals surface area contributed by atoms with Crippen molar-refractivity contribution in [3.05, 3.63) is 0 Å². The second kappa shape index (κ2) is 3.66. The molecule has 1 fully saturated rings. The van der Waals surface area contributed by atoms with Crippen molar-refractivity contribution in [2.75, 3.05) is 7.05 Å². The number of nitrogens with one attached hydrogen (secondary N) is 2. The van der Waals surface area contributed by atoms with Crippen molar-refractivity contribution >= 4 is 5.91 Å². The van der Waals surface area contributed by atoms with Gasteiger partial charge in [0.05, 0.1) is 6.04 Å². The lowest BCUT2D eigenvalue weighted by molar-refractivity contribution is -0.122. The predicted molar refractivity (Wildman–Crippen MR) is 53.5 cm³/mol. The summed E-state index contributed by atoms with van der Waals surface area (Å²) in [5.41, 5.74) is 0.433. The van der Waals surface area contributed by atoms with Crippen molar-refractivity contribution in [2.45, 2.75) is 45.7 Å². The van der Waals surface area contributed by atoms with Gasteiger partial charge in [-0.3, -0.25) is 4.79 Å². The standard InChI is InChI=1S/C10H20N2O/c1-7(9(13)11-4)12-8(2)10(3)5-6-10/h7-8,12H,5-6H2,1-4H3,(H,11,13). The highest BCUT2D eigenvalue weighted by molar-refractivity contribution is 5.80. The summed E-state index contributed by atoms with van der Waals surface area (Å²) in [5, 5.41) is 5.96. The zero-order chi connectivity index (χ0) is 10.1. The molecule has 2 atom stereocenters. The predicted octanol–water partition coefficient (Wildman–Crippen LogP) is 0.899. The molecule has 1 amide bonds. The molecule has 3 nitrogen and oxygen atoms in total. The molecule has 0 spiro atoms. The molecule has 2 N–H and O–H groups in total. The fraction of sp³-hybridized carbons (Fsp3) is 0.900. The highest BCUT2D eigenvalue weighted by atomic mass is 16.2. The van der Waals surface area contributed by atoms with Crippen molar-refractivity contribution in [3.8, 4) is 0 Å². The molecule has 13 heavy (non-hydrogen) atoms. The van der Waals surface area contributed by atoms with Crippen LogP contribution in [0.2, 0.25) is 0 Å². The van der Waals surface area contributed by atoms with Crippen molar-refractivity contribution < 1.29 is 4.79 Å². The summed E-state index contributed by atoms with van der Waals surface area (Å²) < 4.78 is 0. The maximum Gasteiger partial charge on any atom is 0.236 e. The minimum absolute atomic E-state index is 0.0658. The van der Waals surface area contributed by atoms with Gasteiger partial charge in [-0.15, -0.1) is 0 Å². The first-order chi connectivity index (χ1) is 5.99. The second-order valence-electron chi connectivity index (χ2n) is 4.38. The normalized spacial score (nSPS) is 23.4. The smallest absolute Gasteiger partial charge is 0.236 e. The Labute approximate surface area is 80.3 Å². The summed E-state index contributed by atoms with van der Waals surface area (Å²) >= 11 is 0. The number of likely N-dealkylation sites (N-methyl/N-ethyl adjacent to an activating group) is 1. The first kappa shape index (κ1) is 10.5. The molecule has 0 heterocycles. The second-order valence-corrected chi connectivity index (χ2v) is 4.38. The fourth-order valence-corrected chi connectivity index (χ4v) is 1.50. The van der Waals surface area contributed by atoms with Crippen LogP contribution in [0.25, 0.3) is 0 Å². The van der Waals surface area contributed by atoms with E-state index in [2.05, 4.69) is 24.5 Å². The Bertz CT molecular complexity index is 199. The van der Waals surface area contributed by atoms with Crippen LogP contribution < -0.4 is 10.6 Å². The Hall–Kier alpha value is -0.570. The number of hydrogen-bond donors (Lipinski definition) is 2. The van der Waals surface area contributed by atoms with Crippen LogP contribution in [0, 0.1) is 5.41 Å². The van der Waals surface area contributed by atoms with Crippen molar-refractivity contribution in [2.24, 2.45) is 5.41 Å². The van der Waals surface area contributed by atoms with Gasteiger partial charge in [-0.1, -0.05) is 6.92 Å². The van der Waals surface area contributed by atoms with E-state index in [4.69, 9.17) is 0 Å². The summed E-state index contributed by atoms with van der Waals surface area (Å²) in [5.74, 6) is 0.0658. The average Bonchev–Trinajstić information content (AvgIpc) is 2.83. The molecule has 0 aromatic rings. The number of carbonyl (C=O) groups is 1. The van der Waals surface area contributed by atoms with Crippen LogP contribution in [0.4, 0.5) is 0 Å². The molecule has 1 rings (SSSR count). The Balaban J connectivity index is 2.35. The first-order valence-corrected chi connectivity index (χ1v) is 4.97. The molecule has 0 aromatic heterocycles. The fourth-order valence-electron chi connectivity index (χ4n) is 1.50. The molecule has 0 aliphatic heterocycles. The van der Waals surface area contributed by atoms with Gasteiger partial charge in [-0.25, -0.2) is 0 Å². The van der Waals surface area contributed by atoms with Crippen LogP contribution in [0.15, 0.2) is 0 Å². The zero-order valence-corrected chi connectivity index (χ0v) is 8.98. The maximum absolute atomic E-state index is 11.2. The number of carbonyl (C=O) groups excluding carboxylic acids is 1. The third-order valence-electron chi connectivity index (χ3n) is 3.22. The molecule has 76 valence electrons. The lowest BCUT2D eigenvalue weighted by atomic mass is 10.00. The monoisotopic (exact) mass is 184 g/mol. The number of hydrogen-bond acceptors (Lipinski definition) is 2. The van der Waals surface area contributed by atoms with Crippen molar-refractivity contribution in [3.63, 3.8) is 0 Å². The Morgan fingerprint density at radius 2 is 1.92 bits per heavy atom. The minimum Gasteiger partial charge on any atom is -0.358 e. The molecule has 3 heteroatoms. The van der Waals surface area contributed by atoms with Crippen molar-refractivity contribution in [1.82, 2.24) is 10.6 Å². The van der Waals surface area contributed by atoms with Gasteiger partial charge in [0.2, 0.25) is 5.91 Å². The van der Waals surface area contributed by atoms with Gasteiger partial charge in [0.25, 0.3) is 0 Å². The molecule has 1 aliphatic carbocycles. The maximum atomic E-state index is 11.2. The highest BCUT2D eigenvalue weighted by Gasteiger charge is 2.42. The van der Waals surface area contributed by atoms with Gasteiger partial charge in [-0.05, 0) is 32.1 Å². The molecule has 0 saturated heterocycles. The van der Waals surface area contributed by atoms with Crippen LogP contribution >= 0.6 is 0 Å².